The van der Waals surface area contributed by atoms with E-state index in [1.165, 1.54) is 37.6 Å². The molecule has 0 fully saturated rings. The number of carbonyl (C=O) groups excluding carboxylic acids is 1. The van der Waals surface area contributed by atoms with Crippen molar-refractivity contribution < 1.29 is 22.7 Å². The number of halogens is 4. The molecule has 0 aliphatic rings. The lowest BCUT2D eigenvalue weighted by Crippen LogP contribution is -2.15. The summed E-state index contributed by atoms with van der Waals surface area (Å²) in [4.78, 5) is 20.2. The summed E-state index contributed by atoms with van der Waals surface area (Å²) in [5, 5.41) is 2.63. The van der Waals surface area contributed by atoms with E-state index >= 15 is 0 Å². The number of pyridine rings is 1. The van der Waals surface area contributed by atoms with Gasteiger partial charge in [-0.1, -0.05) is 0 Å². The van der Waals surface area contributed by atoms with Crippen molar-refractivity contribution in [2.24, 2.45) is 0 Å². The van der Waals surface area contributed by atoms with Crippen LogP contribution in [0.2, 0.25) is 0 Å². The number of carbonyl (C=O) groups is 1. The zero-order valence-electron chi connectivity index (χ0n) is 15.9. The first-order chi connectivity index (χ1) is 14.8. The zero-order chi connectivity index (χ0) is 22.2. The number of rotatable bonds is 4. The molecular formula is C21H14F3IN4O2. The van der Waals surface area contributed by atoms with Gasteiger partial charge in [0.15, 0.2) is 0 Å². The fraction of sp³-hybridized carbons (Fsp3) is 0.0952. The van der Waals surface area contributed by atoms with Gasteiger partial charge < -0.3 is 10.1 Å². The highest BCUT2D eigenvalue weighted by atomic mass is 127. The number of fused-ring (bicyclic) bond motifs is 1. The van der Waals surface area contributed by atoms with Crippen LogP contribution >= 0.6 is 22.6 Å². The van der Waals surface area contributed by atoms with Crippen molar-refractivity contribution in [2.45, 2.75) is 6.18 Å². The van der Waals surface area contributed by atoms with Crippen molar-refractivity contribution in [3.05, 3.63) is 75.8 Å². The largest absolute Gasteiger partial charge is 0.497 e. The molecule has 0 aliphatic carbocycles. The lowest BCUT2D eigenvalue weighted by molar-refractivity contribution is -0.145. The minimum Gasteiger partial charge on any atom is -0.497 e. The highest BCUT2D eigenvalue weighted by Crippen LogP contribution is 2.34. The van der Waals surface area contributed by atoms with Crippen LogP contribution in [0.5, 0.6) is 5.75 Å². The minimum atomic E-state index is -4.68. The Morgan fingerprint density at radius 1 is 1.10 bits per heavy atom. The summed E-state index contributed by atoms with van der Waals surface area (Å²) in [5.74, 6) is -0.828. The van der Waals surface area contributed by atoms with E-state index < -0.39 is 12.0 Å². The maximum absolute atomic E-state index is 13.6. The lowest BCUT2D eigenvalue weighted by atomic mass is 10.2. The van der Waals surface area contributed by atoms with E-state index in [1.54, 1.807) is 30.3 Å². The van der Waals surface area contributed by atoms with Crippen LogP contribution in [0.1, 0.15) is 16.2 Å². The van der Waals surface area contributed by atoms with Crippen LogP contribution in [-0.4, -0.2) is 27.6 Å². The first-order valence-corrected chi connectivity index (χ1v) is 10.0. The molecule has 1 amide bonds. The molecule has 0 radical (unpaired) electrons. The number of anilines is 1. The van der Waals surface area contributed by atoms with Crippen molar-refractivity contribution in [2.75, 3.05) is 12.4 Å². The molecule has 2 heterocycles. The minimum absolute atomic E-state index is 0.141. The summed E-state index contributed by atoms with van der Waals surface area (Å²) in [5.41, 5.74) is 1.00. The van der Waals surface area contributed by atoms with Crippen molar-refractivity contribution >= 4 is 45.3 Å². The van der Waals surface area contributed by atoms with Crippen molar-refractivity contribution in [3.63, 3.8) is 0 Å². The van der Waals surface area contributed by atoms with Gasteiger partial charge in [0.25, 0.3) is 5.91 Å². The number of imidazole rings is 1. The number of aromatic nitrogens is 3. The number of nitrogens with zero attached hydrogens (tertiary/aromatic N) is 3. The molecule has 0 spiro atoms. The number of nitrogens with one attached hydrogen (secondary N) is 1. The molecule has 0 saturated carbocycles. The number of methoxy groups -OCH3 is 1. The van der Waals surface area contributed by atoms with Gasteiger partial charge in [-0.2, -0.15) is 13.2 Å². The normalized spacial score (nSPS) is 11.5. The molecule has 4 aromatic rings. The van der Waals surface area contributed by atoms with Gasteiger partial charge in [-0.05, 0) is 71.1 Å². The lowest BCUT2D eigenvalue weighted by Gasteiger charge is -2.12. The Kier molecular flexibility index (Phi) is 5.56. The summed E-state index contributed by atoms with van der Waals surface area (Å²) < 4.78 is 47.9. The highest BCUT2D eigenvalue weighted by molar-refractivity contribution is 14.1. The van der Waals surface area contributed by atoms with Crippen molar-refractivity contribution in [3.8, 4) is 11.4 Å². The van der Waals surface area contributed by atoms with E-state index in [2.05, 4.69) is 37.9 Å². The number of hydrogen-bond donors (Lipinski definition) is 1. The standard InChI is InChI=1S/C21H14F3IN4O2/c1-31-15-7-8-17-16(10-15)27-20(21(22,23)24)29(17)14-6-9-18(26-11-14)28-19(30)12-2-4-13(25)5-3-12/h2-11H,1H3,(H,26,28,30). The number of benzene rings is 2. The predicted molar refractivity (Wildman–Crippen MR) is 118 cm³/mol. The SMILES string of the molecule is COc1ccc2c(c1)nc(C(F)(F)F)n2-c1ccc(NC(=O)c2ccc(I)cc2)nc1. The monoisotopic (exact) mass is 538 g/mol. The Morgan fingerprint density at radius 2 is 1.84 bits per heavy atom. The van der Waals surface area contributed by atoms with E-state index in [0.717, 1.165) is 8.14 Å². The van der Waals surface area contributed by atoms with E-state index in [1.807, 2.05) is 0 Å². The highest BCUT2D eigenvalue weighted by Gasteiger charge is 2.38. The van der Waals surface area contributed by atoms with Crippen LogP contribution in [-0.2, 0) is 6.18 Å². The second kappa shape index (κ2) is 8.17. The summed E-state index contributed by atoms with van der Waals surface area (Å²) in [6.07, 6.45) is -3.42. The van der Waals surface area contributed by atoms with Crippen LogP contribution in [0.4, 0.5) is 19.0 Å². The van der Waals surface area contributed by atoms with Gasteiger partial charge in [0.05, 0.1) is 30.0 Å². The number of alkyl halides is 3. The number of amides is 1. The first-order valence-electron chi connectivity index (χ1n) is 8.93. The van der Waals surface area contributed by atoms with Gasteiger partial charge in [-0.25, -0.2) is 9.97 Å². The van der Waals surface area contributed by atoms with Gasteiger partial charge in [-0.3, -0.25) is 9.36 Å². The molecule has 0 bridgehead atoms. The molecule has 10 heteroatoms. The van der Waals surface area contributed by atoms with Crippen LogP contribution in [0.15, 0.2) is 60.8 Å². The molecule has 6 nitrogen and oxygen atoms in total. The van der Waals surface area contributed by atoms with Crippen molar-refractivity contribution in [1.82, 2.24) is 14.5 Å². The van der Waals surface area contributed by atoms with Crippen LogP contribution in [0, 0.1) is 3.57 Å². The fourth-order valence-corrected chi connectivity index (χ4v) is 3.38. The third-order valence-corrected chi connectivity index (χ3v) is 5.19. The topological polar surface area (TPSA) is 69.0 Å². The Bertz CT molecular complexity index is 1250. The van der Waals surface area contributed by atoms with Crippen molar-refractivity contribution in [1.29, 1.82) is 0 Å². The summed E-state index contributed by atoms with van der Waals surface area (Å²) in [6.45, 7) is 0. The Labute approximate surface area is 188 Å². The van der Waals surface area contributed by atoms with Crippen LogP contribution < -0.4 is 10.1 Å². The van der Waals surface area contributed by atoms with Gasteiger partial charge in [-0.15, -0.1) is 0 Å². The fourth-order valence-electron chi connectivity index (χ4n) is 3.02. The molecule has 158 valence electrons. The van der Waals surface area contributed by atoms with E-state index in [0.29, 0.717) is 11.3 Å². The molecule has 0 saturated heterocycles. The molecule has 4 rings (SSSR count). The molecular weight excluding hydrogens is 524 g/mol. The number of hydrogen-bond acceptors (Lipinski definition) is 4. The molecule has 31 heavy (non-hydrogen) atoms. The molecule has 2 aromatic carbocycles. The average Bonchev–Trinajstić information content (AvgIpc) is 3.14. The average molecular weight is 538 g/mol. The molecule has 0 atom stereocenters. The van der Waals surface area contributed by atoms with E-state index in [9.17, 15) is 18.0 Å². The zero-order valence-corrected chi connectivity index (χ0v) is 18.1. The Morgan fingerprint density at radius 3 is 2.45 bits per heavy atom. The molecule has 2 aromatic heterocycles. The maximum atomic E-state index is 13.6. The van der Waals surface area contributed by atoms with Gasteiger partial charge in [0.1, 0.15) is 11.6 Å². The van der Waals surface area contributed by atoms with Gasteiger partial charge in [0, 0.05) is 15.2 Å². The quantitative estimate of drug-likeness (QED) is 0.358. The third-order valence-electron chi connectivity index (χ3n) is 4.47. The second-order valence-electron chi connectivity index (χ2n) is 6.49. The molecule has 0 unspecified atom stereocenters. The Balaban J connectivity index is 1.68. The van der Waals surface area contributed by atoms with Crippen LogP contribution in [0.25, 0.3) is 16.7 Å². The summed E-state index contributed by atoms with van der Waals surface area (Å²) in [6, 6.07) is 14.3. The third kappa shape index (κ3) is 4.33. The molecule has 0 aliphatic heterocycles. The Hall–Kier alpha value is -3.15. The molecule has 1 N–H and O–H groups in total. The van der Waals surface area contributed by atoms with E-state index in [-0.39, 0.29) is 28.4 Å². The summed E-state index contributed by atoms with van der Waals surface area (Å²) >= 11 is 2.13. The van der Waals surface area contributed by atoms with Crippen LogP contribution in [0.3, 0.4) is 0 Å². The maximum Gasteiger partial charge on any atom is 0.450 e. The predicted octanol–water partition coefficient (Wildman–Crippen LogP) is 5.30. The first kappa shape index (κ1) is 21.1. The van der Waals surface area contributed by atoms with E-state index in [4.69, 9.17) is 4.74 Å². The second-order valence-corrected chi connectivity index (χ2v) is 7.73. The van der Waals surface area contributed by atoms with Gasteiger partial charge >= 0.3 is 6.18 Å². The smallest absolute Gasteiger partial charge is 0.450 e. The summed E-state index contributed by atoms with van der Waals surface area (Å²) in [7, 11) is 1.43. The number of ether oxygens (including phenoxy) is 1. The van der Waals surface area contributed by atoms with Gasteiger partial charge in [0.2, 0.25) is 5.82 Å².